The largest absolute Gasteiger partial charge is 0.481 e. The zero-order chi connectivity index (χ0) is 18.5. The molecule has 142 valence electrons. The van der Waals surface area contributed by atoms with E-state index >= 15 is 0 Å². The zero-order valence-corrected chi connectivity index (χ0v) is 15.2. The van der Waals surface area contributed by atoms with Gasteiger partial charge in [-0.1, -0.05) is 0 Å². The normalized spacial score (nSPS) is 16.6. The summed E-state index contributed by atoms with van der Waals surface area (Å²) in [7, 11) is 1.61. The van der Waals surface area contributed by atoms with Crippen LogP contribution in [0.1, 0.15) is 18.4 Å². The maximum Gasteiger partial charge on any atom is 0.226 e. The lowest BCUT2D eigenvalue weighted by Gasteiger charge is -2.13. The fraction of sp³-hybridized carbons (Fsp3) is 0.444. The van der Waals surface area contributed by atoms with Crippen LogP contribution in [-0.4, -0.2) is 57.8 Å². The van der Waals surface area contributed by atoms with Gasteiger partial charge >= 0.3 is 0 Å². The molecule has 1 atom stereocenters. The predicted octanol–water partition coefficient (Wildman–Crippen LogP) is 2.00. The number of nitrogens with zero attached hydrogens (tertiary/aromatic N) is 4. The van der Waals surface area contributed by atoms with Crippen LogP contribution in [-0.2, 0) is 11.2 Å². The van der Waals surface area contributed by atoms with E-state index in [0.29, 0.717) is 24.0 Å². The Kier molecular flexibility index (Phi) is 5.29. The Hall–Kier alpha value is -2.94. The van der Waals surface area contributed by atoms with Crippen molar-refractivity contribution >= 4 is 22.9 Å². The van der Waals surface area contributed by atoms with Gasteiger partial charge in [0.15, 0.2) is 11.5 Å². The number of hydrogen-bond donors (Lipinski definition) is 3. The van der Waals surface area contributed by atoms with Crippen molar-refractivity contribution in [3.8, 4) is 5.88 Å². The summed E-state index contributed by atoms with van der Waals surface area (Å²) < 4.78 is 10.8. The van der Waals surface area contributed by atoms with Gasteiger partial charge in [-0.2, -0.15) is 9.97 Å². The summed E-state index contributed by atoms with van der Waals surface area (Å²) in [5.74, 6) is 1.90. The molecule has 0 aromatic carbocycles. The van der Waals surface area contributed by atoms with Gasteiger partial charge in [-0.3, -0.25) is 0 Å². The minimum Gasteiger partial charge on any atom is -0.481 e. The molecule has 3 aromatic rings. The predicted molar refractivity (Wildman–Crippen MR) is 102 cm³/mol. The maximum atomic E-state index is 5.67. The SMILES string of the molecule is COc1cc(CCNc2nc(NC[C@H]3CCCO3)c3[nH]cnc3n2)ccn1. The smallest absolute Gasteiger partial charge is 0.226 e. The van der Waals surface area contributed by atoms with Crippen molar-refractivity contribution in [2.75, 3.05) is 37.4 Å². The highest BCUT2D eigenvalue weighted by Gasteiger charge is 2.17. The molecule has 27 heavy (non-hydrogen) atoms. The van der Waals surface area contributed by atoms with Crippen LogP contribution in [0.3, 0.4) is 0 Å². The number of anilines is 2. The molecule has 3 aromatic heterocycles. The standard InChI is InChI=1S/C18H23N7O2/c1-26-14-9-12(4-6-19-14)5-7-20-18-24-16(15-17(25-18)23-11-22-15)21-10-13-3-2-8-27-13/h4,6,9,11,13H,2-3,5,7-8,10H2,1H3,(H3,20,21,22,23,24,25)/t13-/m1/s1. The fourth-order valence-electron chi connectivity index (χ4n) is 3.09. The van der Waals surface area contributed by atoms with E-state index in [4.69, 9.17) is 9.47 Å². The summed E-state index contributed by atoms with van der Waals surface area (Å²) in [4.78, 5) is 20.6. The molecule has 1 saturated heterocycles. The van der Waals surface area contributed by atoms with Crippen molar-refractivity contribution < 1.29 is 9.47 Å². The molecule has 0 unspecified atom stereocenters. The van der Waals surface area contributed by atoms with Gasteiger partial charge in [-0.25, -0.2) is 9.97 Å². The number of H-pyrrole nitrogens is 1. The lowest BCUT2D eigenvalue weighted by Crippen LogP contribution is -2.19. The van der Waals surface area contributed by atoms with Gasteiger partial charge in [-0.05, 0) is 30.9 Å². The van der Waals surface area contributed by atoms with E-state index in [1.54, 1.807) is 19.6 Å². The molecule has 0 amide bonds. The lowest BCUT2D eigenvalue weighted by molar-refractivity contribution is 0.120. The number of nitrogens with one attached hydrogen (secondary N) is 3. The van der Waals surface area contributed by atoms with Crippen LogP contribution >= 0.6 is 0 Å². The van der Waals surface area contributed by atoms with Gasteiger partial charge < -0.3 is 25.1 Å². The molecule has 0 saturated carbocycles. The monoisotopic (exact) mass is 369 g/mol. The summed E-state index contributed by atoms with van der Waals surface area (Å²) in [5, 5.41) is 6.64. The summed E-state index contributed by atoms with van der Waals surface area (Å²) in [6, 6.07) is 3.89. The number of hydrogen-bond acceptors (Lipinski definition) is 8. The minimum atomic E-state index is 0.232. The first kappa shape index (κ1) is 17.5. The van der Waals surface area contributed by atoms with Crippen LogP contribution in [0.2, 0.25) is 0 Å². The average Bonchev–Trinajstić information content (AvgIpc) is 3.38. The Balaban J connectivity index is 1.41. The fourth-order valence-corrected chi connectivity index (χ4v) is 3.09. The first-order valence-electron chi connectivity index (χ1n) is 9.11. The number of imidazole rings is 1. The van der Waals surface area contributed by atoms with Gasteiger partial charge in [0.1, 0.15) is 5.52 Å². The van der Waals surface area contributed by atoms with Gasteiger partial charge in [0.25, 0.3) is 0 Å². The molecule has 0 spiro atoms. The summed E-state index contributed by atoms with van der Waals surface area (Å²) in [6.45, 7) is 2.25. The number of rotatable bonds is 8. The Labute approximate surface area is 156 Å². The molecule has 9 heteroatoms. The van der Waals surface area contributed by atoms with Crippen molar-refractivity contribution in [3.63, 3.8) is 0 Å². The molecule has 9 nitrogen and oxygen atoms in total. The van der Waals surface area contributed by atoms with Crippen LogP contribution in [0.5, 0.6) is 5.88 Å². The Morgan fingerprint density at radius 3 is 3.11 bits per heavy atom. The molecular weight excluding hydrogens is 346 g/mol. The van der Waals surface area contributed by atoms with Crippen LogP contribution in [0.4, 0.5) is 11.8 Å². The minimum absolute atomic E-state index is 0.232. The third-order valence-corrected chi connectivity index (χ3v) is 4.51. The third kappa shape index (κ3) is 4.25. The van der Waals surface area contributed by atoms with Crippen LogP contribution in [0.15, 0.2) is 24.7 Å². The van der Waals surface area contributed by atoms with Crippen molar-refractivity contribution in [2.24, 2.45) is 0 Å². The zero-order valence-electron chi connectivity index (χ0n) is 15.2. The number of pyridine rings is 1. The number of ether oxygens (including phenoxy) is 2. The first-order valence-corrected chi connectivity index (χ1v) is 9.11. The van der Waals surface area contributed by atoms with E-state index in [9.17, 15) is 0 Å². The van der Waals surface area contributed by atoms with E-state index in [2.05, 4.69) is 35.6 Å². The molecule has 1 aliphatic rings. The molecule has 0 radical (unpaired) electrons. The van der Waals surface area contributed by atoms with Crippen molar-refractivity contribution in [1.29, 1.82) is 0 Å². The molecular formula is C18H23N7O2. The van der Waals surface area contributed by atoms with E-state index < -0.39 is 0 Å². The number of fused-ring (bicyclic) bond motifs is 1. The first-order chi connectivity index (χ1) is 13.3. The topological polar surface area (TPSA) is 110 Å². The van der Waals surface area contributed by atoms with Crippen molar-refractivity contribution in [1.82, 2.24) is 24.9 Å². The molecule has 3 N–H and O–H groups in total. The molecule has 0 bridgehead atoms. The highest BCUT2D eigenvalue weighted by molar-refractivity contribution is 5.83. The highest BCUT2D eigenvalue weighted by Crippen LogP contribution is 2.20. The molecule has 4 heterocycles. The van der Waals surface area contributed by atoms with E-state index in [0.717, 1.165) is 49.3 Å². The maximum absolute atomic E-state index is 5.67. The Bertz CT molecular complexity index is 892. The van der Waals surface area contributed by atoms with Crippen LogP contribution in [0, 0.1) is 0 Å². The summed E-state index contributed by atoms with van der Waals surface area (Å²) >= 11 is 0. The van der Waals surface area contributed by atoms with Gasteiger partial charge in [-0.15, -0.1) is 0 Å². The molecule has 4 rings (SSSR count). The van der Waals surface area contributed by atoms with Gasteiger partial charge in [0, 0.05) is 32.0 Å². The summed E-state index contributed by atoms with van der Waals surface area (Å²) in [5.41, 5.74) is 2.57. The second kappa shape index (κ2) is 8.17. The van der Waals surface area contributed by atoms with Gasteiger partial charge in [0.05, 0.1) is 19.5 Å². The van der Waals surface area contributed by atoms with E-state index in [1.807, 2.05) is 12.1 Å². The van der Waals surface area contributed by atoms with Crippen molar-refractivity contribution in [2.45, 2.75) is 25.4 Å². The Morgan fingerprint density at radius 1 is 1.30 bits per heavy atom. The molecule has 1 aliphatic heterocycles. The highest BCUT2D eigenvalue weighted by atomic mass is 16.5. The van der Waals surface area contributed by atoms with Crippen LogP contribution < -0.4 is 15.4 Å². The number of aromatic amines is 1. The second-order valence-corrected chi connectivity index (χ2v) is 6.40. The average molecular weight is 369 g/mol. The van der Waals surface area contributed by atoms with Crippen LogP contribution in [0.25, 0.3) is 11.2 Å². The lowest BCUT2D eigenvalue weighted by atomic mass is 10.2. The second-order valence-electron chi connectivity index (χ2n) is 6.40. The summed E-state index contributed by atoms with van der Waals surface area (Å²) in [6.07, 6.45) is 6.60. The third-order valence-electron chi connectivity index (χ3n) is 4.51. The number of aromatic nitrogens is 5. The van der Waals surface area contributed by atoms with Crippen molar-refractivity contribution in [3.05, 3.63) is 30.2 Å². The van der Waals surface area contributed by atoms with Gasteiger partial charge in [0.2, 0.25) is 11.8 Å². The quantitative estimate of drug-likeness (QED) is 0.553. The number of methoxy groups -OCH3 is 1. The molecule has 0 aliphatic carbocycles. The van der Waals surface area contributed by atoms with E-state index in [1.165, 1.54) is 0 Å². The molecule has 1 fully saturated rings. The van der Waals surface area contributed by atoms with E-state index in [-0.39, 0.29) is 6.10 Å². The Morgan fingerprint density at radius 2 is 2.26 bits per heavy atom.